The Bertz CT molecular complexity index is 1120. The first-order valence-electron chi connectivity index (χ1n) is 7.20. The number of phenolic OH excluding ortho intramolecular Hbond substituents is 2. The molecule has 1 aromatic carbocycles. The maximum atomic E-state index is 12.6. The van der Waals surface area contributed by atoms with Gasteiger partial charge in [0.25, 0.3) is 5.91 Å². The van der Waals surface area contributed by atoms with Gasteiger partial charge in [0.15, 0.2) is 5.75 Å². The second kappa shape index (κ2) is 6.37. The highest BCUT2D eigenvalue weighted by atomic mass is 16.6. The van der Waals surface area contributed by atoms with Gasteiger partial charge in [0, 0.05) is 23.8 Å². The molecule has 0 amide bonds. The number of carbonyl (C=O) groups excluding carboxylic acids is 1. The lowest BCUT2D eigenvalue weighted by Gasteiger charge is -2.04. The molecule has 2 heterocycles. The maximum absolute atomic E-state index is 12.6. The number of nitro groups is 1. The number of hydrogen-bond acceptors (Lipinski definition) is 7. The van der Waals surface area contributed by atoms with Gasteiger partial charge < -0.3 is 10.2 Å². The Labute approximate surface area is 145 Å². The molecule has 0 bridgehead atoms. The van der Waals surface area contributed by atoms with E-state index in [9.17, 15) is 30.4 Å². The number of phenols is 2. The van der Waals surface area contributed by atoms with E-state index >= 15 is 0 Å². The van der Waals surface area contributed by atoms with Crippen molar-refractivity contribution in [3.05, 3.63) is 64.1 Å². The molecule has 9 heteroatoms. The number of aromatic hydroxyl groups is 2. The molecule has 0 radical (unpaired) electrons. The second-order valence-corrected chi connectivity index (χ2v) is 5.26. The zero-order valence-electron chi connectivity index (χ0n) is 13.0. The summed E-state index contributed by atoms with van der Waals surface area (Å²) in [4.78, 5) is 26.6. The average Bonchev–Trinajstić information content (AvgIpc) is 3.05. The predicted molar refractivity (Wildman–Crippen MR) is 90.4 cm³/mol. The fraction of sp³-hybridized carbons (Fsp3) is 0. The van der Waals surface area contributed by atoms with Gasteiger partial charge in [-0.3, -0.25) is 24.5 Å². The molecule has 0 saturated heterocycles. The molecule has 2 N–H and O–H groups in total. The smallest absolute Gasteiger partial charge is 0.315 e. The fourth-order valence-corrected chi connectivity index (χ4v) is 2.44. The summed E-state index contributed by atoms with van der Waals surface area (Å²) < 4.78 is 1.23. The van der Waals surface area contributed by atoms with Crippen LogP contribution in [0.2, 0.25) is 0 Å². The average molecular weight is 350 g/mol. The third-order valence-corrected chi connectivity index (χ3v) is 3.66. The van der Waals surface area contributed by atoms with E-state index in [4.69, 9.17) is 0 Å². The normalized spacial score (nSPS) is 11.3. The van der Waals surface area contributed by atoms with Crippen LogP contribution < -0.4 is 0 Å². The monoisotopic (exact) mass is 350 g/mol. The van der Waals surface area contributed by atoms with Gasteiger partial charge in [-0.25, -0.2) is 0 Å². The lowest BCUT2D eigenvalue weighted by atomic mass is 10.1. The van der Waals surface area contributed by atoms with E-state index in [-0.39, 0.29) is 11.1 Å². The summed E-state index contributed by atoms with van der Waals surface area (Å²) in [6, 6.07) is 7.10. The molecule has 0 aliphatic heterocycles. The lowest BCUT2D eigenvalue weighted by molar-refractivity contribution is -0.386. The number of nitriles is 1. The van der Waals surface area contributed by atoms with Gasteiger partial charge in [-0.1, -0.05) is 0 Å². The summed E-state index contributed by atoms with van der Waals surface area (Å²) >= 11 is 0. The van der Waals surface area contributed by atoms with Crippen molar-refractivity contribution in [2.75, 3.05) is 0 Å². The van der Waals surface area contributed by atoms with Gasteiger partial charge in [-0.15, -0.1) is 0 Å². The van der Waals surface area contributed by atoms with Crippen LogP contribution in [0.1, 0.15) is 10.4 Å². The molecule has 0 aliphatic carbocycles. The Kier molecular flexibility index (Phi) is 4.08. The Balaban J connectivity index is 2.08. The molecule has 0 atom stereocenters. The maximum Gasteiger partial charge on any atom is 0.315 e. The molecule has 0 spiro atoms. The first kappa shape index (κ1) is 16.7. The molecule has 9 nitrogen and oxygen atoms in total. The SMILES string of the molecule is N#C/C(=C\c1cc(O)c(O)c([N+](=O)[O-])c1)C(=O)n1ccc2ccncc21. The molecule has 0 saturated carbocycles. The number of aromatic nitrogens is 2. The van der Waals surface area contributed by atoms with Gasteiger partial charge in [-0.2, -0.15) is 5.26 Å². The van der Waals surface area contributed by atoms with E-state index in [1.165, 1.54) is 17.0 Å². The van der Waals surface area contributed by atoms with Crippen LogP contribution in [0.15, 0.2) is 48.4 Å². The van der Waals surface area contributed by atoms with Gasteiger partial charge in [-0.05, 0) is 29.8 Å². The molecule has 3 aromatic rings. The number of nitro benzene ring substituents is 1. The summed E-state index contributed by atoms with van der Waals surface area (Å²) in [7, 11) is 0. The lowest BCUT2D eigenvalue weighted by Crippen LogP contribution is -2.11. The van der Waals surface area contributed by atoms with Crippen LogP contribution in [0.3, 0.4) is 0 Å². The second-order valence-electron chi connectivity index (χ2n) is 5.26. The highest BCUT2D eigenvalue weighted by Gasteiger charge is 2.20. The highest BCUT2D eigenvalue weighted by molar-refractivity contribution is 6.07. The number of pyridine rings is 1. The number of fused-ring (bicyclic) bond motifs is 1. The van der Waals surface area contributed by atoms with Gasteiger partial charge in [0.2, 0.25) is 5.75 Å². The van der Waals surface area contributed by atoms with Gasteiger partial charge in [0.05, 0.1) is 16.6 Å². The first-order chi connectivity index (χ1) is 12.4. The molecule has 128 valence electrons. The van der Waals surface area contributed by atoms with Crippen LogP contribution >= 0.6 is 0 Å². The fourth-order valence-electron chi connectivity index (χ4n) is 2.44. The Hall–Kier alpha value is -4.19. The van der Waals surface area contributed by atoms with Crippen LogP contribution in [0, 0.1) is 21.4 Å². The minimum Gasteiger partial charge on any atom is -0.504 e. The van der Waals surface area contributed by atoms with Crippen molar-refractivity contribution < 1.29 is 19.9 Å². The van der Waals surface area contributed by atoms with Crippen LogP contribution in [-0.4, -0.2) is 30.6 Å². The topological polar surface area (TPSA) is 142 Å². The quantitative estimate of drug-likeness (QED) is 0.243. The van der Waals surface area contributed by atoms with Crippen LogP contribution in [0.4, 0.5) is 5.69 Å². The Morgan fingerprint density at radius 1 is 1.35 bits per heavy atom. The van der Waals surface area contributed by atoms with Crippen molar-refractivity contribution in [1.82, 2.24) is 9.55 Å². The third kappa shape index (κ3) is 2.83. The van der Waals surface area contributed by atoms with Crippen molar-refractivity contribution in [2.24, 2.45) is 0 Å². The minimum atomic E-state index is -0.889. The molecular weight excluding hydrogens is 340 g/mol. The van der Waals surface area contributed by atoms with Gasteiger partial charge in [0.1, 0.15) is 11.6 Å². The molecule has 0 unspecified atom stereocenters. The van der Waals surface area contributed by atoms with Crippen molar-refractivity contribution in [1.29, 1.82) is 5.26 Å². The van der Waals surface area contributed by atoms with E-state index in [1.54, 1.807) is 24.4 Å². The number of benzene rings is 1. The molecular formula is C17H10N4O5. The summed E-state index contributed by atoms with van der Waals surface area (Å²) in [5, 5.41) is 40.1. The van der Waals surface area contributed by atoms with E-state index in [2.05, 4.69) is 4.98 Å². The van der Waals surface area contributed by atoms with E-state index in [1.807, 2.05) is 0 Å². The van der Waals surface area contributed by atoms with E-state index < -0.39 is 28.0 Å². The molecule has 2 aromatic heterocycles. The van der Waals surface area contributed by atoms with Crippen molar-refractivity contribution in [2.45, 2.75) is 0 Å². The van der Waals surface area contributed by atoms with Gasteiger partial charge >= 0.3 is 5.69 Å². The van der Waals surface area contributed by atoms with Crippen molar-refractivity contribution in [3.63, 3.8) is 0 Å². The summed E-state index contributed by atoms with van der Waals surface area (Å²) in [5.41, 5.74) is -0.535. The van der Waals surface area contributed by atoms with Crippen molar-refractivity contribution in [3.8, 4) is 17.6 Å². The minimum absolute atomic E-state index is 0.0199. The van der Waals surface area contributed by atoms with E-state index in [0.717, 1.165) is 23.6 Å². The predicted octanol–water partition coefficient (Wildman–Crippen LogP) is 2.60. The molecule has 0 aliphatic rings. The van der Waals surface area contributed by atoms with Crippen LogP contribution in [0.25, 0.3) is 17.0 Å². The number of rotatable bonds is 3. The number of allylic oxidation sites excluding steroid dienone is 1. The van der Waals surface area contributed by atoms with Crippen LogP contribution in [-0.2, 0) is 0 Å². The zero-order valence-corrected chi connectivity index (χ0v) is 13.0. The highest BCUT2D eigenvalue weighted by Crippen LogP contribution is 2.36. The standard InChI is InChI=1S/C17H10N4O5/c18-8-12(5-10-6-13(21(25)26)16(23)15(22)7-10)17(24)20-4-2-11-1-3-19-9-14(11)20/h1-7,9,22-23H/b12-5+. The number of nitrogens with zero attached hydrogens (tertiary/aromatic N) is 4. The zero-order chi connectivity index (χ0) is 18.8. The largest absolute Gasteiger partial charge is 0.504 e. The summed E-state index contributed by atoms with van der Waals surface area (Å²) in [6.07, 6.45) is 5.61. The first-order valence-corrected chi connectivity index (χ1v) is 7.20. The van der Waals surface area contributed by atoms with Crippen molar-refractivity contribution >= 4 is 28.6 Å². The Morgan fingerprint density at radius 3 is 2.81 bits per heavy atom. The summed E-state index contributed by atoms with van der Waals surface area (Å²) in [6.45, 7) is 0. The van der Waals surface area contributed by atoms with E-state index in [0.29, 0.717) is 5.52 Å². The molecule has 3 rings (SSSR count). The Morgan fingerprint density at radius 2 is 2.12 bits per heavy atom. The molecule has 26 heavy (non-hydrogen) atoms. The molecule has 0 fully saturated rings. The summed E-state index contributed by atoms with van der Waals surface area (Å²) in [5.74, 6) is -2.28. The number of carbonyl (C=O) groups is 1. The van der Waals surface area contributed by atoms with Crippen LogP contribution in [0.5, 0.6) is 11.5 Å². The number of hydrogen-bond donors (Lipinski definition) is 2. The third-order valence-electron chi connectivity index (χ3n) is 3.66.